The van der Waals surface area contributed by atoms with Crippen LogP contribution in [0.3, 0.4) is 0 Å². The Morgan fingerprint density at radius 3 is 2.33 bits per heavy atom. The molecule has 2 aromatic rings. The monoisotopic (exact) mass is 290 g/mol. The lowest BCUT2D eigenvalue weighted by Gasteiger charge is -2.11. The molecule has 0 heterocycles. The van der Waals surface area contributed by atoms with Crippen LogP contribution >= 0.6 is 0 Å². The lowest BCUT2D eigenvalue weighted by molar-refractivity contribution is 0.0956. The van der Waals surface area contributed by atoms with Crippen LogP contribution in [-0.2, 0) is 6.42 Å². The number of ether oxygens (including phenoxy) is 1. The molecular weight excluding hydrogens is 272 g/mol. The molecule has 21 heavy (non-hydrogen) atoms. The first-order valence-corrected chi connectivity index (χ1v) is 6.63. The molecule has 5 heteroatoms. The molecular formula is C16H18O5. The number of phenols is 1. The second-order valence-corrected chi connectivity index (χ2v) is 4.65. The number of aliphatic hydroxyl groups excluding tert-OH is 3. The van der Waals surface area contributed by atoms with Crippen molar-refractivity contribution in [2.24, 2.45) is 0 Å². The van der Waals surface area contributed by atoms with Gasteiger partial charge in [-0.15, -0.1) is 0 Å². The third kappa shape index (κ3) is 3.95. The van der Waals surface area contributed by atoms with E-state index < -0.39 is 6.10 Å². The molecule has 2 rings (SSSR count). The van der Waals surface area contributed by atoms with Gasteiger partial charge in [-0.05, 0) is 41.8 Å². The smallest absolute Gasteiger partial charge is 0.169 e. The largest absolute Gasteiger partial charge is 0.504 e. The van der Waals surface area contributed by atoms with Gasteiger partial charge in [0.15, 0.2) is 11.5 Å². The van der Waals surface area contributed by atoms with Crippen molar-refractivity contribution in [2.75, 3.05) is 13.2 Å². The Morgan fingerprint density at radius 2 is 1.71 bits per heavy atom. The van der Waals surface area contributed by atoms with Gasteiger partial charge in [0, 0.05) is 6.61 Å². The number of benzene rings is 2. The van der Waals surface area contributed by atoms with Gasteiger partial charge in [-0.1, -0.05) is 18.2 Å². The first kappa shape index (κ1) is 15.3. The molecule has 4 N–H and O–H groups in total. The number of aromatic hydroxyl groups is 1. The summed E-state index contributed by atoms with van der Waals surface area (Å²) in [6.07, 6.45) is -0.432. The summed E-state index contributed by atoms with van der Waals surface area (Å²) >= 11 is 0. The van der Waals surface area contributed by atoms with E-state index in [0.717, 1.165) is 5.56 Å². The van der Waals surface area contributed by atoms with Crippen molar-refractivity contribution in [1.29, 1.82) is 0 Å². The van der Waals surface area contributed by atoms with E-state index in [0.29, 0.717) is 23.5 Å². The number of rotatable bonds is 6. The normalized spacial score (nSPS) is 12.1. The summed E-state index contributed by atoms with van der Waals surface area (Å²) in [4.78, 5) is 0. The Hall–Kier alpha value is -2.08. The molecule has 5 nitrogen and oxygen atoms in total. The topological polar surface area (TPSA) is 90.2 Å². The summed E-state index contributed by atoms with van der Waals surface area (Å²) < 4.78 is 5.59. The van der Waals surface area contributed by atoms with Gasteiger partial charge in [-0.25, -0.2) is 0 Å². The second kappa shape index (κ2) is 7.08. The average molecular weight is 290 g/mol. The van der Waals surface area contributed by atoms with Crippen LogP contribution in [0.2, 0.25) is 0 Å². The Balaban J connectivity index is 2.15. The summed E-state index contributed by atoms with van der Waals surface area (Å²) in [5.74, 6) is 0.813. The van der Waals surface area contributed by atoms with Crippen LogP contribution < -0.4 is 4.74 Å². The highest BCUT2D eigenvalue weighted by Gasteiger charge is 2.08. The van der Waals surface area contributed by atoms with Crippen LogP contribution in [0, 0.1) is 0 Å². The molecule has 0 aliphatic heterocycles. The van der Waals surface area contributed by atoms with Crippen LogP contribution in [0.5, 0.6) is 17.2 Å². The third-order valence-corrected chi connectivity index (χ3v) is 3.09. The van der Waals surface area contributed by atoms with Crippen molar-refractivity contribution in [3.8, 4) is 17.2 Å². The molecule has 0 radical (unpaired) electrons. The summed E-state index contributed by atoms with van der Waals surface area (Å²) in [5, 5.41) is 37.1. The zero-order valence-electron chi connectivity index (χ0n) is 11.4. The number of aliphatic hydroxyl groups is 3. The van der Waals surface area contributed by atoms with Gasteiger partial charge >= 0.3 is 0 Å². The van der Waals surface area contributed by atoms with Gasteiger partial charge in [-0.3, -0.25) is 0 Å². The molecule has 0 saturated carbocycles. The van der Waals surface area contributed by atoms with E-state index in [1.54, 1.807) is 36.4 Å². The average Bonchev–Trinajstić information content (AvgIpc) is 2.51. The van der Waals surface area contributed by atoms with Crippen LogP contribution in [0.25, 0.3) is 0 Å². The molecule has 1 atom stereocenters. The van der Waals surface area contributed by atoms with Crippen molar-refractivity contribution < 1.29 is 25.2 Å². The molecule has 0 aliphatic rings. The fourth-order valence-electron chi connectivity index (χ4n) is 1.92. The molecule has 112 valence electrons. The molecule has 0 aliphatic carbocycles. The molecule has 0 spiro atoms. The summed E-state index contributed by atoms with van der Waals surface area (Å²) in [5.41, 5.74) is 1.45. The van der Waals surface area contributed by atoms with Gasteiger partial charge in [-0.2, -0.15) is 0 Å². The number of hydrogen-bond donors (Lipinski definition) is 4. The summed E-state index contributed by atoms with van der Waals surface area (Å²) in [6, 6.07) is 11.5. The summed E-state index contributed by atoms with van der Waals surface area (Å²) in [6.45, 7) is -0.317. The molecule has 0 bridgehead atoms. The van der Waals surface area contributed by atoms with E-state index in [4.69, 9.17) is 14.9 Å². The minimum atomic E-state index is -0.916. The zero-order valence-corrected chi connectivity index (χ0v) is 11.4. The maximum atomic E-state index is 9.78. The first-order chi connectivity index (χ1) is 10.1. The Kier molecular flexibility index (Phi) is 5.16. The molecule has 0 amide bonds. The molecule has 0 saturated heterocycles. The molecule has 0 aromatic heterocycles. The van der Waals surface area contributed by atoms with E-state index >= 15 is 0 Å². The van der Waals surface area contributed by atoms with E-state index in [-0.39, 0.29) is 19.0 Å². The van der Waals surface area contributed by atoms with E-state index in [1.807, 2.05) is 0 Å². The van der Waals surface area contributed by atoms with Gasteiger partial charge in [0.05, 0.1) is 6.61 Å². The van der Waals surface area contributed by atoms with Gasteiger partial charge < -0.3 is 25.2 Å². The lowest BCUT2D eigenvalue weighted by atomic mass is 10.1. The van der Waals surface area contributed by atoms with Crippen LogP contribution in [0.15, 0.2) is 42.5 Å². The minimum absolute atomic E-state index is 0.0103. The SMILES string of the molecule is OCCc1ccc(O)c(Oc2ccc(C(O)CO)cc2)c1. The Labute approximate surface area is 122 Å². The van der Waals surface area contributed by atoms with E-state index in [2.05, 4.69) is 0 Å². The number of hydrogen-bond acceptors (Lipinski definition) is 5. The standard InChI is InChI=1S/C16H18O5/c17-8-7-11-1-6-14(19)16(9-11)21-13-4-2-12(3-5-13)15(20)10-18/h1-6,9,15,17-20H,7-8,10H2. The first-order valence-electron chi connectivity index (χ1n) is 6.63. The minimum Gasteiger partial charge on any atom is -0.504 e. The third-order valence-electron chi connectivity index (χ3n) is 3.09. The van der Waals surface area contributed by atoms with Crippen molar-refractivity contribution in [3.63, 3.8) is 0 Å². The lowest BCUT2D eigenvalue weighted by Crippen LogP contribution is -2.01. The molecule has 2 aromatic carbocycles. The number of phenolic OH excluding ortho intramolecular Hbond substituents is 1. The van der Waals surface area contributed by atoms with Crippen molar-refractivity contribution >= 4 is 0 Å². The van der Waals surface area contributed by atoms with Crippen LogP contribution in [0.1, 0.15) is 17.2 Å². The van der Waals surface area contributed by atoms with Crippen molar-refractivity contribution in [3.05, 3.63) is 53.6 Å². The predicted octanol–water partition coefficient (Wildman–Crippen LogP) is 1.74. The fourth-order valence-corrected chi connectivity index (χ4v) is 1.92. The van der Waals surface area contributed by atoms with Gasteiger partial charge in [0.1, 0.15) is 11.9 Å². The van der Waals surface area contributed by atoms with Crippen molar-refractivity contribution in [1.82, 2.24) is 0 Å². The predicted molar refractivity (Wildman–Crippen MR) is 77.5 cm³/mol. The van der Waals surface area contributed by atoms with Crippen LogP contribution in [0.4, 0.5) is 0 Å². The molecule has 1 unspecified atom stereocenters. The molecule has 0 fully saturated rings. The Bertz CT molecular complexity index is 580. The Morgan fingerprint density at radius 1 is 1.00 bits per heavy atom. The highest BCUT2D eigenvalue weighted by atomic mass is 16.5. The zero-order chi connectivity index (χ0) is 15.2. The second-order valence-electron chi connectivity index (χ2n) is 4.65. The van der Waals surface area contributed by atoms with Gasteiger partial charge in [0.25, 0.3) is 0 Å². The fraction of sp³-hybridized carbons (Fsp3) is 0.250. The van der Waals surface area contributed by atoms with E-state index in [1.165, 1.54) is 6.07 Å². The quantitative estimate of drug-likeness (QED) is 0.650. The van der Waals surface area contributed by atoms with E-state index in [9.17, 15) is 10.2 Å². The van der Waals surface area contributed by atoms with Crippen molar-refractivity contribution in [2.45, 2.75) is 12.5 Å². The summed E-state index contributed by atoms with van der Waals surface area (Å²) in [7, 11) is 0. The highest BCUT2D eigenvalue weighted by molar-refractivity contribution is 5.45. The van der Waals surface area contributed by atoms with Gasteiger partial charge in [0.2, 0.25) is 0 Å². The van der Waals surface area contributed by atoms with Crippen LogP contribution in [-0.4, -0.2) is 33.6 Å². The maximum Gasteiger partial charge on any atom is 0.169 e. The maximum absolute atomic E-state index is 9.78. The highest BCUT2D eigenvalue weighted by Crippen LogP contribution is 2.32.